The van der Waals surface area contributed by atoms with Crippen LogP contribution in [0.15, 0.2) is 29.3 Å². The summed E-state index contributed by atoms with van der Waals surface area (Å²) in [6.45, 7) is 8.32. The number of benzene rings is 1. The minimum atomic E-state index is 0.0238. The highest BCUT2D eigenvalue weighted by atomic mass is 16.5. The second-order valence-electron chi connectivity index (χ2n) is 6.63. The number of hydrogen-bond donors (Lipinski definition) is 2. The van der Waals surface area contributed by atoms with Crippen LogP contribution in [0.25, 0.3) is 0 Å². The van der Waals surface area contributed by atoms with Crippen molar-refractivity contribution in [1.82, 2.24) is 0 Å². The van der Waals surface area contributed by atoms with Gasteiger partial charge in [-0.2, -0.15) is 0 Å². The molecule has 22 heavy (non-hydrogen) atoms. The summed E-state index contributed by atoms with van der Waals surface area (Å²) in [6.07, 6.45) is 1.33. The van der Waals surface area contributed by atoms with Crippen LogP contribution in [0.4, 0.5) is 5.69 Å². The number of ether oxygens (including phenoxy) is 2. The van der Waals surface area contributed by atoms with Crippen molar-refractivity contribution in [3.8, 4) is 5.75 Å². The van der Waals surface area contributed by atoms with Crippen molar-refractivity contribution in [3.05, 3.63) is 24.3 Å². The van der Waals surface area contributed by atoms with Crippen molar-refractivity contribution in [2.75, 3.05) is 12.4 Å². The first-order chi connectivity index (χ1) is 10.3. The van der Waals surface area contributed by atoms with E-state index in [9.17, 15) is 0 Å². The monoisotopic (exact) mass is 305 g/mol. The normalized spacial score (nSPS) is 24.0. The van der Waals surface area contributed by atoms with Crippen LogP contribution in [-0.2, 0) is 4.74 Å². The van der Waals surface area contributed by atoms with Gasteiger partial charge in [-0.05, 0) is 44.5 Å². The molecule has 5 heteroatoms. The predicted octanol–water partition coefficient (Wildman–Crippen LogP) is 3.01. The molecule has 2 unspecified atom stereocenters. The fourth-order valence-electron chi connectivity index (χ4n) is 2.72. The quantitative estimate of drug-likeness (QED) is 0.648. The van der Waals surface area contributed by atoms with E-state index in [1.807, 2.05) is 38.1 Å². The van der Waals surface area contributed by atoms with Gasteiger partial charge in [-0.15, -0.1) is 0 Å². The van der Waals surface area contributed by atoms with Crippen LogP contribution in [0.2, 0.25) is 0 Å². The van der Waals surface area contributed by atoms with E-state index in [-0.39, 0.29) is 23.7 Å². The smallest absolute Gasteiger partial charge is 0.193 e. The lowest BCUT2D eigenvalue weighted by Gasteiger charge is -2.48. The fraction of sp³-hybridized carbons (Fsp3) is 0.588. The zero-order valence-electron chi connectivity index (χ0n) is 14.1. The molecule has 0 saturated heterocycles. The summed E-state index contributed by atoms with van der Waals surface area (Å²) in [7, 11) is 1.74. The summed E-state index contributed by atoms with van der Waals surface area (Å²) in [5.41, 5.74) is 6.93. The second-order valence-corrected chi connectivity index (χ2v) is 6.63. The van der Waals surface area contributed by atoms with E-state index in [2.05, 4.69) is 24.2 Å². The number of anilines is 1. The van der Waals surface area contributed by atoms with Gasteiger partial charge in [0.1, 0.15) is 5.75 Å². The Hall–Kier alpha value is -1.75. The first-order valence-electron chi connectivity index (χ1n) is 7.72. The molecule has 1 aromatic rings. The molecule has 0 bridgehead atoms. The number of nitrogens with one attached hydrogen (secondary N) is 1. The van der Waals surface area contributed by atoms with Gasteiger partial charge in [-0.25, -0.2) is 4.99 Å². The lowest BCUT2D eigenvalue weighted by Crippen LogP contribution is -2.54. The Bertz CT molecular complexity index is 523. The molecule has 0 spiro atoms. The van der Waals surface area contributed by atoms with E-state index in [1.165, 1.54) is 0 Å². The summed E-state index contributed by atoms with van der Waals surface area (Å²) in [4.78, 5) is 4.57. The van der Waals surface area contributed by atoms with Gasteiger partial charge in [0.15, 0.2) is 5.96 Å². The van der Waals surface area contributed by atoms with Gasteiger partial charge in [0.05, 0.1) is 18.2 Å². The molecule has 0 aromatic heterocycles. The van der Waals surface area contributed by atoms with Crippen LogP contribution in [0.3, 0.4) is 0 Å². The summed E-state index contributed by atoms with van der Waals surface area (Å²) >= 11 is 0. The zero-order valence-corrected chi connectivity index (χ0v) is 14.1. The average molecular weight is 305 g/mol. The highest BCUT2D eigenvalue weighted by Gasteiger charge is 2.48. The van der Waals surface area contributed by atoms with E-state index < -0.39 is 0 Å². The number of guanidine groups is 1. The van der Waals surface area contributed by atoms with E-state index in [0.717, 1.165) is 17.9 Å². The first kappa shape index (κ1) is 16.6. The lowest BCUT2D eigenvalue weighted by molar-refractivity contribution is -0.0850. The Kier molecular flexibility index (Phi) is 4.96. The third-order valence-corrected chi connectivity index (χ3v) is 4.20. The van der Waals surface area contributed by atoms with Gasteiger partial charge in [0.2, 0.25) is 0 Å². The van der Waals surface area contributed by atoms with E-state index >= 15 is 0 Å². The lowest BCUT2D eigenvalue weighted by atomic mass is 9.65. The Labute approximate surface area is 132 Å². The molecule has 0 heterocycles. The molecule has 3 N–H and O–H groups in total. The van der Waals surface area contributed by atoms with Crippen molar-refractivity contribution in [2.24, 2.45) is 16.1 Å². The standard InChI is InChI=1S/C17H27N3O2/c1-11(2)22-13-8-6-12(7-9-13)19-16(18)20-14-10-15(21-5)17(14,3)4/h6-9,11,14-15H,10H2,1-5H3,(H3,18,19,20). The third kappa shape index (κ3) is 3.71. The SMILES string of the molecule is COC1CC(N=C(N)Nc2ccc(OC(C)C)cc2)C1(C)C. The maximum Gasteiger partial charge on any atom is 0.193 e. The number of hydrogen-bond acceptors (Lipinski definition) is 3. The summed E-state index contributed by atoms with van der Waals surface area (Å²) in [6, 6.07) is 7.90. The highest BCUT2D eigenvalue weighted by Crippen LogP contribution is 2.44. The van der Waals surface area contributed by atoms with Crippen molar-refractivity contribution >= 4 is 11.6 Å². The number of nitrogens with zero attached hydrogens (tertiary/aromatic N) is 1. The summed E-state index contributed by atoms with van der Waals surface area (Å²) < 4.78 is 11.0. The van der Waals surface area contributed by atoms with Crippen LogP contribution in [0, 0.1) is 5.41 Å². The van der Waals surface area contributed by atoms with Gasteiger partial charge in [-0.3, -0.25) is 0 Å². The molecular weight excluding hydrogens is 278 g/mol. The van der Waals surface area contributed by atoms with Crippen LogP contribution in [0.1, 0.15) is 34.1 Å². The predicted molar refractivity (Wildman–Crippen MR) is 90.4 cm³/mol. The van der Waals surface area contributed by atoms with Gasteiger partial charge in [0.25, 0.3) is 0 Å². The molecule has 122 valence electrons. The van der Waals surface area contributed by atoms with Crippen molar-refractivity contribution in [2.45, 2.75) is 52.4 Å². The number of methoxy groups -OCH3 is 1. The zero-order chi connectivity index (χ0) is 16.3. The fourth-order valence-corrected chi connectivity index (χ4v) is 2.72. The van der Waals surface area contributed by atoms with Crippen LogP contribution in [-0.4, -0.2) is 31.3 Å². The van der Waals surface area contributed by atoms with Crippen molar-refractivity contribution in [1.29, 1.82) is 0 Å². The van der Waals surface area contributed by atoms with E-state index in [0.29, 0.717) is 5.96 Å². The van der Waals surface area contributed by atoms with Crippen molar-refractivity contribution in [3.63, 3.8) is 0 Å². The van der Waals surface area contributed by atoms with Gasteiger partial charge in [0, 0.05) is 18.2 Å². The molecule has 0 aliphatic heterocycles. The Morgan fingerprint density at radius 2 is 1.95 bits per heavy atom. The second kappa shape index (κ2) is 6.57. The molecule has 2 rings (SSSR count). The van der Waals surface area contributed by atoms with Gasteiger partial charge >= 0.3 is 0 Å². The maximum atomic E-state index is 6.01. The van der Waals surface area contributed by atoms with Crippen molar-refractivity contribution < 1.29 is 9.47 Å². The highest BCUT2D eigenvalue weighted by molar-refractivity contribution is 5.92. The summed E-state index contributed by atoms with van der Waals surface area (Å²) in [5.74, 6) is 1.28. The van der Waals surface area contributed by atoms with Crippen LogP contribution >= 0.6 is 0 Å². The molecule has 1 fully saturated rings. The largest absolute Gasteiger partial charge is 0.491 e. The molecule has 1 aliphatic carbocycles. The molecule has 0 amide bonds. The van der Waals surface area contributed by atoms with Crippen LogP contribution < -0.4 is 15.8 Å². The minimum Gasteiger partial charge on any atom is -0.491 e. The molecular formula is C17H27N3O2. The van der Waals surface area contributed by atoms with Gasteiger partial charge < -0.3 is 20.5 Å². The number of nitrogens with two attached hydrogens (primary N) is 1. The maximum absolute atomic E-state index is 6.01. The Morgan fingerprint density at radius 3 is 2.45 bits per heavy atom. The van der Waals surface area contributed by atoms with Gasteiger partial charge in [-0.1, -0.05) is 13.8 Å². The average Bonchev–Trinajstić information content (AvgIpc) is 2.44. The minimum absolute atomic E-state index is 0.0238. The Balaban J connectivity index is 1.94. The first-order valence-corrected chi connectivity index (χ1v) is 7.72. The molecule has 1 aliphatic rings. The molecule has 1 aromatic carbocycles. The third-order valence-electron chi connectivity index (χ3n) is 4.20. The Morgan fingerprint density at radius 1 is 1.32 bits per heavy atom. The van der Waals surface area contributed by atoms with E-state index in [4.69, 9.17) is 15.2 Å². The van der Waals surface area contributed by atoms with Crippen LogP contribution in [0.5, 0.6) is 5.75 Å². The molecule has 1 saturated carbocycles. The molecule has 5 nitrogen and oxygen atoms in total. The number of rotatable bonds is 5. The molecule has 2 atom stereocenters. The number of aliphatic imine (C=N–C) groups is 1. The molecule has 0 radical (unpaired) electrons. The summed E-state index contributed by atoms with van der Waals surface area (Å²) in [5, 5.41) is 3.12. The van der Waals surface area contributed by atoms with E-state index in [1.54, 1.807) is 7.11 Å². The topological polar surface area (TPSA) is 68.9 Å².